The Morgan fingerprint density at radius 1 is 1.53 bits per heavy atom. The van der Waals surface area contributed by atoms with Crippen molar-refractivity contribution in [3.05, 3.63) is 40.8 Å². The molecule has 0 radical (unpaired) electrons. The molecule has 0 atom stereocenters. The molecule has 2 aromatic heterocycles. The summed E-state index contributed by atoms with van der Waals surface area (Å²) in [5, 5.41) is 13.2. The lowest BCUT2D eigenvalue weighted by atomic mass is 10.2. The highest BCUT2D eigenvalue weighted by molar-refractivity contribution is 6.33. The van der Waals surface area contributed by atoms with Gasteiger partial charge in [0.15, 0.2) is 0 Å². The van der Waals surface area contributed by atoms with E-state index in [-0.39, 0.29) is 10.6 Å². The molecule has 0 saturated carbocycles. The van der Waals surface area contributed by atoms with Gasteiger partial charge in [-0.3, -0.25) is 4.68 Å². The molecule has 0 unspecified atom stereocenters. The van der Waals surface area contributed by atoms with Crippen molar-refractivity contribution in [1.82, 2.24) is 14.8 Å². The SMILES string of the molecule is CN(Cc1cnn(C)c1)c1cc(C(=O)O)c(Cl)cn1. The molecule has 2 aromatic rings. The zero-order valence-corrected chi connectivity index (χ0v) is 11.3. The van der Waals surface area contributed by atoms with Crippen LogP contribution in [0.3, 0.4) is 0 Å². The van der Waals surface area contributed by atoms with E-state index in [0.717, 1.165) is 5.56 Å². The fourth-order valence-corrected chi connectivity index (χ4v) is 1.89. The highest BCUT2D eigenvalue weighted by Crippen LogP contribution is 2.20. The Morgan fingerprint density at radius 2 is 2.26 bits per heavy atom. The van der Waals surface area contributed by atoms with E-state index in [1.165, 1.54) is 12.3 Å². The molecule has 0 aliphatic rings. The Hall–Kier alpha value is -2.08. The number of aryl methyl sites for hydroxylation is 1. The number of pyridine rings is 1. The van der Waals surface area contributed by atoms with Gasteiger partial charge in [0.05, 0.1) is 16.8 Å². The molecule has 0 aliphatic carbocycles. The van der Waals surface area contributed by atoms with Gasteiger partial charge in [0.2, 0.25) is 0 Å². The van der Waals surface area contributed by atoms with Crippen molar-refractivity contribution in [2.45, 2.75) is 6.54 Å². The molecule has 100 valence electrons. The average molecular weight is 281 g/mol. The summed E-state index contributed by atoms with van der Waals surface area (Å²) >= 11 is 5.78. The van der Waals surface area contributed by atoms with Crippen molar-refractivity contribution in [1.29, 1.82) is 0 Å². The minimum absolute atomic E-state index is 0.0460. The number of aromatic carboxylic acids is 1. The summed E-state index contributed by atoms with van der Waals surface area (Å²) in [6, 6.07) is 1.46. The molecular formula is C12H13ClN4O2. The molecular weight excluding hydrogens is 268 g/mol. The number of anilines is 1. The predicted molar refractivity (Wildman–Crippen MR) is 71.5 cm³/mol. The number of halogens is 1. The Morgan fingerprint density at radius 3 is 2.84 bits per heavy atom. The topological polar surface area (TPSA) is 71.2 Å². The predicted octanol–water partition coefficient (Wildman–Crippen LogP) is 1.80. The number of carboxylic acid groups (broad SMARTS) is 1. The fraction of sp³-hybridized carbons (Fsp3) is 0.250. The van der Waals surface area contributed by atoms with E-state index < -0.39 is 5.97 Å². The fourth-order valence-electron chi connectivity index (χ4n) is 1.71. The Bertz CT molecular complexity index is 612. The van der Waals surface area contributed by atoms with Gasteiger partial charge < -0.3 is 10.0 Å². The van der Waals surface area contributed by atoms with Gasteiger partial charge in [-0.15, -0.1) is 0 Å². The standard InChI is InChI=1S/C12H13ClN4O2/c1-16(6-8-4-15-17(2)7-8)11-3-9(12(18)19)10(13)5-14-11/h3-5,7H,6H2,1-2H3,(H,18,19). The Labute approximate surface area is 115 Å². The Kier molecular flexibility index (Phi) is 3.71. The average Bonchev–Trinajstić information content (AvgIpc) is 2.74. The number of aromatic nitrogens is 3. The molecule has 0 amide bonds. The molecule has 7 heteroatoms. The summed E-state index contributed by atoms with van der Waals surface area (Å²) < 4.78 is 1.71. The first-order chi connectivity index (χ1) is 8.97. The first-order valence-corrected chi connectivity index (χ1v) is 5.92. The van der Waals surface area contributed by atoms with Gasteiger partial charge in [0, 0.05) is 38.6 Å². The number of carbonyl (C=O) groups is 1. The van der Waals surface area contributed by atoms with Crippen LogP contribution < -0.4 is 4.90 Å². The van der Waals surface area contributed by atoms with Crippen molar-refractivity contribution in [3.63, 3.8) is 0 Å². The Balaban J connectivity index is 2.21. The first kappa shape index (κ1) is 13.4. The lowest BCUT2D eigenvalue weighted by Gasteiger charge is -2.17. The second-order valence-electron chi connectivity index (χ2n) is 4.21. The molecule has 19 heavy (non-hydrogen) atoms. The van der Waals surface area contributed by atoms with Crippen LogP contribution in [0.1, 0.15) is 15.9 Å². The van der Waals surface area contributed by atoms with Crippen molar-refractivity contribution < 1.29 is 9.90 Å². The minimum Gasteiger partial charge on any atom is -0.478 e. The molecule has 0 saturated heterocycles. The number of rotatable bonds is 4. The van der Waals surface area contributed by atoms with Crippen molar-refractivity contribution in [3.8, 4) is 0 Å². The van der Waals surface area contributed by atoms with Gasteiger partial charge in [-0.2, -0.15) is 5.10 Å². The molecule has 0 spiro atoms. The zero-order chi connectivity index (χ0) is 14.0. The van der Waals surface area contributed by atoms with Gasteiger partial charge in [-0.25, -0.2) is 9.78 Å². The molecule has 0 aliphatic heterocycles. The van der Waals surface area contributed by atoms with E-state index in [4.69, 9.17) is 16.7 Å². The van der Waals surface area contributed by atoms with Gasteiger partial charge in [0.1, 0.15) is 5.82 Å². The van der Waals surface area contributed by atoms with Crippen LogP contribution in [0, 0.1) is 0 Å². The summed E-state index contributed by atoms with van der Waals surface area (Å²) in [6.07, 6.45) is 5.00. The summed E-state index contributed by atoms with van der Waals surface area (Å²) in [4.78, 5) is 17.0. The number of carboxylic acids is 1. The molecule has 0 aromatic carbocycles. The maximum Gasteiger partial charge on any atom is 0.337 e. The molecule has 6 nitrogen and oxygen atoms in total. The van der Waals surface area contributed by atoms with E-state index >= 15 is 0 Å². The summed E-state index contributed by atoms with van der Waals surface area (Å²) in [5.41, 5.74) is 1.06. The second kappa shape index (κ2) is 5.27. The van der Waals surface area contributed by atoms with Gasteiger partial charge >= 0.3 is 5.97 Å². The van der Waals surface area contributed by atoms with Crippen LogP contribution in [0.5, 0.6) is 0 Å². The third-order valence-corrected chi connectivity index (χ3v) is 2.94. The minimum atomic E-state index is -1.07. The smallest absolute Gasteiger partial charge is 0.337 e. The molecule has 2 rings (SSSR count). The third-order valence-electron chi connectivity index (χ3n) is 2.64. The highest BCUT2D eigenvalue weighted by atomic mass is 35.5. The summed E-state index contributed by atoms with van der Waals surface area (Å²) in [7, 11) is 3.67. The first-order valence-electron chi connectivity index (χ1n) is 5.55. The molecule has 0 fully saturated rings. The number of hydrogen-bond donors (Lipinski definition) is 1. The quantitative estimate of drug-likeness (QED) is 0.925. The van der Waals surface area contributed by atoms with E-state index in [0.29, 0.717) is 12.4 Å². The van der Waals surface area contributed by atoms with Crippen LogP contribution in [-0.2, 0) is 13.6 Å². The lowest BCUT2D eigenvalue weighted by molar-refractivity contribution is 0.0697. The maximum absolute atomic E-state index is 11.0. The van der Waals surface area contributed by atoms with Gasteiger partial charge in [-0.05, 0) is 6.07 Å². The van der Waals surface area contributed by atoms with Crippen LogP contribution in [0.4, 0.5) is 5.82 Å². The molecule has 0 bridgehead atoms. The number of hydrogen-bond acceptors (Lipinski definition) is 4. The van der Waals surface area contributed by atoms with Crippen LogP contribution in [0.15, 0.2) is 24.7 Å². The zero-order valence-electron chi connectivity index (χ0n) is 10.5. The number of nitrogens with zero attached hydrogens (tertiary/aromatic N) is 4. The summed E-state index contributed by atoms with van der Waals surface area (Å²) in [5.74, 6) is -0.519. The maximum atomic E-state index is 11.0. The monoisotopic (exact) mass is 280 g/mol. The van der Waals surface area contributed by atoms with E-state index in [1.807, 2.05) is 25.2 Å². The molecule has 2 heterocycles. The van der Waals surface area contributed by atoms with Crippen LogP contribution in [0.25, 0.3) is 0 Å². The van der Waals surface area contributed by atoms with Gasteiger partial charge in [0.25, 0.3) is 0 Å². The van der Waals surface area contributed by atoms with Crippen LogP contribution >= 0.6 is 11.6 Å². The van der Waals surface area contributed by atoms with Crippen LogP contribution in [-0.4, -0.2) is 32.9 Å². The normalized spacial score (nSPS) is 10.5. The van der Waals surface area contributed by atoms with E-state index in [9.17, 15) is 4.79 Å². The summed E-state index contributed by atoms with van der Waals surface area (Å²) in [6.45, 7) is 0.585. The third kappa shape index (κ3) is 3.03. The van der Waals surface area contributed by atoms with E-state index in [1.54, 1.807) is 10.9 Å². The highest BCUT2D eigenvalue weighted by Gasteiger charge is 2.13. The van der Waals surface area contributed by atoms with Crippen LogP contribution in [0.2, 0.25) is 5.02 Å². The van der Waals surface area contributed by atoms with Gasteiger partial charge in [-0.1, -0.05) is 11.6 Å². The van der Waals surface area contributed by atoms with E-state index in [2.05, 4.69) is 10.1 Å². The largest absolute Gasteiger partial charge is 0.478 e. The molecule has 1 N–H and O–H groups in total. The van der Waals surface area contributed by atoms with Crippen molar-refractivity contribution in [2.75, 3.05) is 11.9 Å². The van der Waals surface area contributed by atoms with Crippen molar-refractivity contribution in [2.24, 2.45) is 7.05 Å². The second-order valence-corrected chi connectivity index (χ2v) is 4.61. The lowest BCUT2D eigenvalue weighted by Crippen LogP contribution is -2.18. The van der Waals surface area contributed by atoms with Crippen molar-refractivity contribution >= 4 is 23.4 Å².